The number of carbonyl (C=O) groups excluding carboxylic acids is 1. The third kappa shape index (κ3) is 4.09. The molecule has 0 saturated carbocycles. The number of aryl methyl sites for hydroxylation is 2. The normalized spacial score (nSPS) is 16.5. The van der Waals surface area contributed by atoms with E-state index >= 15 is 0 Å². The lowest BCUT2D eigenvalue weighted by molar-refractivity contribution is -0.115. The molecule has 0 spiro atoms. The first kappa shape index (κ1) is 20.5. The summed E-state index contributed by atoms with van der Waals surface area (Å²) in [7, 11) is 0. The van der Waals surface area contributed by atoms with Crippen molar-refractivity contribution in [3.05, 3.63) is 87.0 Å². The number of carbonyl (C=O) groups is 1. The molecular weight excluding hydrogens is 414 g/mol. The van der Waals surface area contributed by atoms with E-state index < -0.39 is 0 Å². The van der Waals surface area contributed by atoms with Crippen LogP contribution in [0.25, 0.3) is 11.8 Å². The van der Waals surface area contributed by atoms with Crippen molar-refractivity contribution in [2.24, 2.45) is 4.99 Å². The molecule has 2 aromatic carbocycles. The highest BCUT2D eigenvalue weighted by Crippen LogP contribution is 2.31. The first-order valence-corrected chi connectivity index (χ1v) is 11.0. The smallest absolute Gasteiger partial charge is 0.264 e. The third-order valence-electron chi connectivity index (χ3n) is 5.08. The van der Waals surface area contributed by atoms with Crippen molar-refractivity contribution in [1.82, 2.24) is 9.88 Å². The zero-order chi connectivity index (χ0) is 21.3. The van der Waals surface area contributed by atoms with E-state index in [-0.39, 0.29) is 5.91 Å². The van der Waals surface area contributed by atoms with Crippen molar-refractivity contribution in [1.29, 1.82) is 0 Å². The van der Waals surface area contributed by atoms with E-state index in [1.165, 1.54) is 23.0 Å². The summed E-state index contributed by atoms with van der Waals surface area (Å²) in [6, 6.07) is 17.8. The van der Waals surface area contributed by atoms with Crippen LogP contribution in [0.2, 0.25) is 5.02 Å². The van der Waals surface area contributed by atoms with Crippen LogP contribution in [-0.2, 0) is 11.2 Å². The standard InChI is InChI=1S/C24H22ClN3OS/c1-4-17-7-5-6-8-21(17)28-15(2)13-18(16(28)3)14-22-23(29)27-24(30-22)26-20-11-9-19(25)10-12-20/h5-14H,4H2,1-3H3,(H,26,27,29)/b22-14-. The molecule has 1 aliphatic rings. The number of hydrogen-bond acceptors (Lipinski definition) is 3. The van der Waals surface area contributed by atoms with Gasteiger partial charge in [-0.05, 0) is 85.6 Å². The van der Waals surface area contributed by atoms with Crippen molar-refractivity contribution in [3.8, 4) is 5.69 Å². The fraction of sp³-hybridized carbons (Fsp3) is 0.167. The molecule has 1 N–H and O–H groups in total. The van der Waals surface area contributed by atoms with Gasteiger partial charge in [-0.3, -0.25) is 4.79 Å². The molecule has 0 bridgehead atoms. The molecule has 6 heteroatoms. The number of aliphatic imine (C=N–C) groups is 1. The Labute approximate surface area is 185 Å². The van der Waals surface area contributed by atoms with Gasteiger partial charge >= 0.3 is 0 Å². The number of hydrogen-bond donors (Lipinski definition) is 1. The van der Waals surface area contributed by atoms with Crippen LogP contribution in [0.5, 0.6) is 0 Å². The number of halogens is 1. The number of amidine groups is 1. The third-order valence-corrected chi connectivity index (χ3v) is 6.24. The van der Waals surface area contributed by atoms with E-state index in [1.807, 2.05) is 18.2 Å². The molecule has 152 valence electrons. The van der Waals surface area contributed by atoms with Gasteiger partial charge in [-0.15, -0.1) is 0 Å². The van der Waals surface area contributed by atoms with Gasteiger partial charge in [0, 0.05) is 22.1 Å². The molecule has 1 fully saturated rings. The Hall–Kier alpha value is -2.76. The number of nitrogens with one attached hydrogen (secondary N) is 1. The van der Waals surface area contributed by atoms with Crippen molar-refractivity contribution in [3.63, 3.8) is 0 Å². The minimum Gasteiger partial charge on any atom is -0.318 e. The summed E-state index contributed by atoms with van der Waals surface area (Å²) in [5.41, 5.74) is 6.51. The summed E-state index contributed by atoms with van der Waals surface area (Å²) in [6.07, 6.45) is 2.91. The molecule has 1 amide bonds. The number of thioether (sulfide) groups is 1. The number of nitrogens with zero attached hydrogens (tertiary/aromatic N) is 2. The molecule has 3 aromatic rings. The maximum atomic E-state index is 12.5. The average molecular weight is 436 g/mol. The first-order valence-electron chi connectivity index (χ1n) is 9.78. The van der Waals surface area contributed by atoms with Crippen LogP contribution in [0.3, 0.4) is 0 Å². The summed E-state index contributed by atoms with van der Waals surface area (Å²) in [5.74, 6) is -0.133. The van der Waals surface area contributed by atoms with Gasteiger partial charge in [0.25, 0.3) is 5.91 Å². The maximum absolute atomic E-state index is 12.5. The number of benzene rings is 2. The molecule has 30 heavy (non-hydrogen) atoms. The highest BCUT2D eigenvalue weighted by molar-refractivity contribution is 8.18. The highest BCUT2D eigenvalue weighted by atomic mass is 35.5. The summed E-state index contributed by atoms with van der Waals surface area (Å²) in [5, 5.41) is 4.07. The molecule has 1 saturated heterocycles. The van der Waals surface area contributed by atoms with E-state index in [0.717, 1.165) is 29.1 Å². The number of rotatable bonds is 4. The van der Waals surface area contributed by atoms with Crippen LogP contribution >= 0.6 is 23.4 Å². The van der Waals surface area contributed by atoms with Crippen molar-refractivity contribution >= 4 is 46.2 Å². The summed E-state index contributed by atoms with van der Waals surface area (Å²) >= 11 is 7.27. The van der Waals surface area contributed by atoms with Crippen LogP contribution in [0.1, 0.15) is 29.4 Å². The Kier molecular flexibility index (Phi) is 5.84. The second-order valence-corrected chi connectivity index (χ2v) is 8.57. The van der Waals surface area contributed by atoms with Gasteiger partial charge in [-0.2, -0.15) is 0 Å². The first-order chi connectivity index (χ1) is 14.5. The molecule has 1 aliphatic heterocycles. The van der Waals surface area contributed by atoms with E-state index in [1.54, 1.807) is 12.1 Å². The predicted molar refractivity (Wildman–Crippen MR) is 127 cm³/mol. The Morgan fingerprint density at radius 3 is 2.60 bits per heavy atom. The second kappa shape index (κ2) is 8.54. The van der Waals surface area contributed by atoms with E-state index in [4.69, 9.17) is 11.6 Å². The summed E-state index contributed by atoms with van der Waals surface area (Å²) in [4.78, 5) is 17.6. The molecule has 4 nitrogen and oxygen atoms in total. The van der Waals surface area contributed by atoms with Crippen molar-refractivity contribution in [2.75, 3.05) is 0 Å². The molecule has 2 heterocycles. The van der Waals surface area contributed by atoms with Gasteiger partial charge in [-0.1, -0.05) is 36.7 Å². The Balaban J connectivity index is 1.66. The Morgan fingerprint density at radius 2 is 1.87 bits per heavy atom. The van der Waals surface area contributed by atoms with Gasteiger partial charge in [0.05, 0.1) is 10.6 Å². The van der Waals surface area contributed by atoms with Crippen LogP contribution in [0.15, 0.2) is 64.5 Å². The largest absolute Gasteiger partial charge is 0.318 e. The molecule has 0 unspecified atom stereocenters. The van der Waals surface area contributed by atoms with E-state index in [0.29, 0.717) is 15.1 Å². The van der Waals surface area contributed by atoms with Gasteiger partial charge < -0.3 is 9.88 Å². The number of para-hydroxylation sites is 1. The summed E-state index contributed by atoms with van der Waals surface area (Å²) < 4.78 is 2.26. The van der Waals surface area contributed by atoms with Crippen molar-refractivity contribution < 1.29 is 4.79 Å². The molecule has 0 atom stereocenters. The lowest BCUT2D eigenvalue weighted by atomic mass is 10.1. The molecule has 0 aliphatic carbocycles. The van der Waals surface area contributed by atoms with Gasteiger partial charge in [0.1, 0.15) is 0 Å². The fourth-order valence-corrected chi connectivity index (χ4v) is 4.55. The van der Waals surface area contributed by atoms with Crippen LogP contribution in [-0.4, -0.2) is 15.6 Å². The van der Waals surface area contributed by atoms with Gasteiger partial charge in [0.2, 0.25) is 0 Å². The number of aromatic nitrogens is 1. The highest BCUT2D eigenvalue weighted by Gasteiger charge is 2.24. The molecule has 0 radical (unpaired) electrons. The minimum absolute atomic E-state index is 0.133. The fourth-order valence-electron chi connectivity index (χ4n) is 3.59. The van der Waals surface area contributed by atoms with Crippen molar-refractivity contribution in [2.45, 2.75) is 27.2 Å². The lowest BCUT2D eigenvalue weighted by Crippen LogP contribution is -2.19. The quantitative estimate of drug-likeness (QED) is 0.496. The van der Waals surface area contributed by atoms with Gasteiger partial charge in [0.15, 0.2) is 5.17 Å². The maximum Gasteiger partial charge on any atom is 0.264 e. The van der Waals surface area contributed by atoms with E-state index in [2.05, 4.69) is 66.0 Å². The summed E-state index contributed by atoms with van der Waals surface area (Å²) in [6.45, 7) is 6.35. The SMILES string of the molecule is CCc1ccccc1-n1c(C)cc(/C=C2\SC(=Nc3ccc(Cl)cc3)NC2=O)c1C. The average Bonchev–Trinajstić information content (AvgIpc) is 3.22. The van der Waals surface area contributed by atoms with Crippen LogP contribution < -0.4 is 5.32 Å². The topological polar surface area (TPSA) is 46.4 Å². The minimum atomic E-state index is -0.133. The second-order valence-electron chi connectivity index (χ2n) is 7.10. The molecular formula is C24H22ClN3OS. The molecule has 1 aromatic heterocycles. The zero-order valence-electron chi connectivity index (χ0n) is 17.1. The Bertz CT molecular complexity index is 1180. The predicted octanol–water partition coefficient (Wildman–Crippen LogP) is 6.20. The van der Waals surface area contributed by atoms with Gasteiger partial charge in [-0.25, -0.2) is 4.99 Å². The van der Waals surface area contributed by atoms with Crippen LogP contribution in [0, 0.1) is 13.8 Å². The van der Waals surface area contributed by atoms with E-state index in [9.17, 15) is 4.79 Å². The zero-order valence-corrected chi connectivity index (χ0v) is 18.6. The van der Waals surface area contributed by atoms with Crippen LogP contribution in [0.4, 0.5) is 5.69 Å². The Morgan fingerprint density at radius 1 is 1.13 bits per heavy atom. The molecule has 4 rings (SSSR count). The number of amides is 1. The lowest BCUT2D eigenvalue weighted by Gasteiger charge is -2.13. The monoisotopic (exact) mass is 435 g/mol.